The van der Waals surface area contributed by atoms with Crippen LogP contribution in [-0.4, -0.2) is 44.9 Å². The number of benzene rings is 1. The third-order valence-corrected chi connectivity index (χ3v) is 5.56. The molecule has 1 aromatic rings. The maximum atomic E-state index is 12.9. The van der Waals surface area contributed by atoms with Gasteiger partial charge in [-0.3, -0.25) is 4.79 Å². The van der Waals surface area contributed by atoms with Gasteiger partial charge in [0.1, 0.15) is 0 Å². The van der Waals surface area contributed by atoms with Gasteiger partial charge >= 0.3 is 0 Å². The first kappa shape index (κ1) is 20.6. The first-order chi connectivity index (χ1) is 11.4. The normalized spacial score (nSPS) is 11.3. The number of carbonyl (C=O) groups excluding carboxylic acids is 1. The summed E-state index contributed by atoms with van der Waals surface area (Å²) >= 11 is 1.62. The highest BCUT2D eigenvalue weighted by atomic mass is 32.2. The highest BCUT2D eigenvalue weighted by molar-refractivity contribution is 7.98. The van der Waals surface area contributed by atoms with Crippen molar-refractivity contribution >= 4 is 17.7 Å². The van der Waals surface area contributed by atoms with Crippen molar-refractivity contribution in [1.29, 1.82) is 0 Å². The number of hydrogen-bond donors (Lipinski definition) is 1. The predicted molar refractivity (Wildman–Crippen MR) is 99.9 cm³/mol. The van der Waals surface area contributed by atoms with E-state index in [1.54, 1.807) is 30.9 Å². The Labute approximate surface area is 149 Å². The summed E-state index contributed by atoms with van der Waals surface area (Å²) in [4.78, 5) is 15.8. The zero-order chi connectivity index (χ0) is 18.3. The maximum absolute atomic E-state index is 12.9. The first-order valence-electron chi connectivity index (χ1n) is 8.17. The number of thioether (sulfide) groups is 1. The molecular formula is C18H30N2O3S. The molecule has 0 fully saturated rings. The van der Waals surface area contributed by atoms with Crippen LogP contribution in [0.3, 0.4) is 0 Å². The van der Waals surface area contributed by atoms with Gasteiger partial charge in [-0.2, -0.15) is 0 Å². The summed E-state index contributed by atoms with van der Waals surface area (Å²) in [6.07, 6.45) is 3.49. The van der Waals surface area contributed by atoms with Crippen molar-refractivity contribution in [3.05, 3.63) is 17.7 Å². The fraction of sp³-hybridized carbons (Fsp3) is 0.611. The Kier molecular flexibility index (Phi) is 7.90. The van der Waals surface area contributed by atoms with Crippen LogP contribution in [0.5, 0.6) is 11.5 Å². The van der Waals surface area contributed by atoms with Gasteiger partial charge in [0, 0.05) is 25.0 Å². The monoisotopic (exact) mass is 354 g/mol. The van der Waals surface area contributed by atoms with E-state index in [9.17, 15) is 4.79 Å². The van der Waals surface area contributed by atoms with E-state index >= 15 is 0 Å². The molecule has 1 aromatic carbocycles. The minimum absolute atomic E-state index is 0.0943. The van der Waals surface area contributed by atoms with E-state index in [0.29, 0.717) is 24.6 Å². The Hall–Kier alpha value is -1.40. The van der Waals surface area contributed by atoms with Crippen molar-refractivity contribution in [2.24, 2.45) is 11.1 Å². The van der Waals surface area contributed by atoms with Gasteiger partial charge in [-0.05, 0) is 36.8 Å². The van der Waals surface area contributed by atoms with E-state index < -0.39 is 5.41 Å². The number of carbonyl (C=O) groups is 1. The van der Waals surface area contributed by atoms with Crippen LogP contribution in [0.4, 0.5) is 0 Å². The fourth-order valence-corrected chi connectivity index (χ4v) is 3.49. The standard InChI is InChI=1S/C18H30N2O3S/c1-7-18(8-2,12-19)17(21)20(3)11-13-9-14(22-4)15(23-5)10-16(13)24-6/h9-10H,7-8,11-12,19H2,1-6H3. The van der Waals surface area contributed by atoms with E-state index in [4.69, 9.17) is 15.2 Å². The van der Waals surface area contributed by atoms with Gasteiger partial charge in [-0.25, -0.2) is 0 Å². The topological polar surface area (TPSA) is 64.8 Å². The highest BCUT2D eigenvalue weighted by Crippen LogP contribution is 2.36. The van der Waals surface area contributed by atoms with Crippen LogP contribution in [0.25, 0.3) is 0 Å². The molecule has 136 valence electrons. The van der Waals surface area contributed by atoms with Gasteiger partial charge in [0.15, 0.2) is 11.5 Å². The summed E-state index contributed by atoms with van der Waals surface area (Å²) in [5.41, 5.74) is 6.47. The Morgan fingerprint density at radius 1 is 1.21 bits per heavy atom. The molecule has 0 atom stereocenters. The average Bonchev–Trinajstić information content (AvgIpc) is 2.62. The molecular weight excluding hydrogens is 324 g/mol. The van der Waals surface area contributed by atoms with Crippen LogP contribution < -0.4 is 15.2 Å². The number of amides is 1. The lowest BCUT2D eigenvalue weighted by atomic mass is 9.81. The van der Waals surface area contributed by atoms with Crippen LogP contribution in [-0.2, 0) is 11.3 Å². The van der Waals surface area contributed by atoms with E-state index in [2.05, 4.69) is 0 Å². The first-order valence-corrected chi connectivity index (χ1v) is 9.39. The third-order valence-electron chi connectivity index (χ3n) is 4.74. The minimum atomic E-state index is -0.481. The van der Waals surface area contributed by atoms with Crippen LogP contribution in [0.15, 0.2) is 17.0 Å². The van der Waals surface area contributed by atoms with Gasteiger partial charge in [0.05, 0.1) is 19.6 Å². The molecule has 5 nitrogen and oxygen atoms in total. The Bertz CT molecular complexity index is 551. The Balaban J connectivity index is 3.13. The second kappa shape index (κ2) is 9.18. The van der Waals surface area contributed by atoms with Crippen molar-refractivity contribution in [2.75, 3.05) is 34.1 Å². The largest absolute Gasteiger partial charge is 0.493 e. The second-order valence-corrected chi connectivity index (χ2v) is 6.72. The van der Waals surface area contributed by atoms with E-state index in [1.807, 2.05) is 39.3 Å². The molecule has 0 heterocycles. The van der Waals surface area contributed by atoms with Crippen LogP contribution in [0, 0.1) is 5.41 Å². The lowest BCUT2D eigenvalue weighted by Gasteiger charge is -2.33. The zero-order valence-electron chi connectivity index (χ0n) is 15.6. The number of ether oxygens (including phenoxy) is 2. The molecule has 0 aliphatic rings. The van der Waals surface area contributed by atoms with Crippen LogP contribution >= 0.6 is 11.8 Å². The average molecular weight is 355 g/mol. The smallest absolute Gasteiger partial charge is 0.230 e. The second-order valence-electron chi connectivity index (χ2n) is 5.87. The van der Waals surface area contributed by atoms with E-state index in [-0.39, 0.29) is 5.91 Å². The molecule has 24 heavy (non-hydrogen) atoms. The van der Waals surface area contributed by atoms with Crippen LogP contribution in [0.1, 0.15) is 32.3 Å². The molecule has 0 saturated heterocycles. The van der Waals surface area contributed by atoms with Gasteiger partial charge in [-0.1, -0.05) is 13.8 Å². The number of methoxy groups -OCH3 is 2. The summed E-state index contributed by atoms with van der Waals surface area (Å²) in [7, 11) is 5.07. The van der Waals surface area contributed by atoms with Gasteiger partial charge in [0.2, 0.25) is 5.91 Å². The number of hydrogen-bond acceptors (Lipinski definition) is 5. The molecule has 0 aromatic heterocycles. The zero-order valence-corrected chi connectivity index (χ0v) is 16.5. The SMILES string of the molecule is CCC(CC)(CN)C(=O)N(C)Cc1cc(OC)c(OC)cc1SC. The molecule has 1 amide bonds. The number of nitrogens with two attached hydrogens (primary N) is 1. The summed E-state index contributed by atoms with van der Waals surface area (Å²) in [5, 5.41) is 0. The molecule has 0 saturated carbocycles. The molecule has 0 radical (unpaired) electrons. The minimum Gasteiger partial charge on any atom is -0.493 e. The number of nitrogens with zero attached hydrogens (tertiary/aromatic N) is 1. The van der Waals surface area contributed by atoms with Crippen LogP contribution in [0.2, 0.25) is 0 Å². The summed E-state index contributed by atoms with van der Waals surface area (Å²) in [5.74, 6) is 1.46. The molecule has 0 bridgehead atoms. The van der Waals surface area contributed by atoms with Crippen molar-refractivity contribution in [3.8, 4) is 11.5 Å². The molecule has 1 rings (SSSR count). The number of rotatable bonds is 9. The van der Waals surface area contributed by atoms with Crippen molar-refractivity contribution in [2.45, 2.75) is 38.1 Å². The van der Waals surface area contributed by atoms with Crippen molar-refractivity contribution in [3.63, 3.8) is 0 Å². The lowest BCUT2D eigenvalue weighted by Crippen LogP contribution is -2.45. The lowest BCUT2D eigenvalue weighted by molar-refractivity contribution is -0.141. The summed E-state index contributed by atoms with van der Waals surface area (Å²) in [6.45, 7) is 4.92. The molecule has 0 unspecified atom stereocenters. The molecule has 0 spiro atoms. The van der Waals surface area contributed by atoms with Crippen molar-refractivity contribution in [1.82, 2.24) is 4.90 Å². The molecule has 0 aliphatic heterocycles. The van der Waals surface area contributed by atoms with E-state index in [0.717, 1.165) is 23.3 Å². The molecule has 6 heteroatoms. The fourth-order valence-electron chi connectivity index (χ4n) is 2.88. The molecule has 2 N–H and O–H groups in total. The quantitative estimate of drug-likeness (QED) is 0.690. The van der Waals surface area contributed by atoms with E-state index in [1.165, 1.54) is 0 Å². The summed E-state index contributed by atoms with van der Waals surface area (Å²) in [6, 6.07) is 3.89. The maximum Gasteiger partial charge on any atom is 0.230 e. The molecule has 0 aliphatic carbocycles. The Morgan fingerprint density at radius 3 is 2.17 bits per heavy atom. The third kappa shape index (κ3) is 4.16. The predicted octanol–water partition coefficient (Wildman–Crippen LogP) is 3.15. The van der Waals surface area contributed by atoms with Gasteiger partial charge in [0.25, 0.3) is 0 Å². The van der Waals surface area contributed by atoms with Gasteiger partial charge in [-0.15, -0.1) is 11.8 Å². The van der Waals surface area contributed by atoms with Gasteiger partial charge < -0.3 is 20.1 Å². The highest BCUT2D eigenvalue weighted by Gasteiger charge is 2.35. The van der Waals surface area contributed by atoms with Crippen molar-refractivity contribution < 1.29 is 14.3 Å². The summed E-state index contributed by atoms with van der Waals surface area (Å²) < 4.78 is 10.7. The Morgan fingerprint density at radius 2 is 1.75 bits per heavy atom.